The number of nitrogens with zero attached hydrogens (tertiary/aromatic N) is 4. The molecule has 3 aromatic rings. The van der Waals surface area contributed by atoms with E-state index in [2.05, 4.69) is 9.97 Å². The normalized spacial score (nSPS) is 20.6. The van der Waals surface area contributed by atoms with Gasteiger partial charge in [0.2, 0.25) is 5.78 Å². The number of anilines is 1. The van der Waals surface area contributed by atoms with E-state index in [9.17, 15) is 23.5 Å². The Morgan fingerprint density at radius 3 is 2.68 bits per heavy atom. The van der Waals surface area contributed by atoms with Gasteiger partial charge in [-0.25, -0.2) is 9.78 Å². The van der Waals surface area contributed by atoms with Crippen LogP contribution in [-0.4, -0.2) is 63.1 Å². The highest BCUT2D eigenvalue weighted by Crippen LogP contribution is 2.40. The molecule has 1 amide bonds. The van der Waals surface area contributed by atoms with Gasteiger partial charge in [0.1, 0.15) is 0 Å². The summed E-state index contributed by atoms with van der Waals surface area (Å²) in [5.41, 5.74) is 3.00. The largest absolute Gasteiger partial charge is 0.465 e. The molecule has 0 saturated carbocycles. The van der Waals surface area contributed by atoms with Crippen molar-refractivity contribution in [3.8, 4) is 17.0 Å². The van der Waals surface area contributed by atoms with E-state index in [0.717, 1.165) is 13.3 Å². The molecule has 2 unspecified atom stereocenters. The number of ketones is 1. The van der Waals surface area contributed by atoms with Crippen LogP contribution in [0.25, 0.3) is 22.4 Å². The third-order valence-electron chi connectivity index (χ3n) is 5.54. The lowest BCUT2D eigenvalue weighted by Crippen LogP contribution is -2.70. The highest BCUT2D eigenvalue weighted by atomic mass is 32.1. The summed E-state index contributed by atoms with van der Waals surface area (Å²) in [6, 6.07) is 2.65. The summed E-state index contributed by atoms with van der Waals surface area (Å²) in [5, 5.41) is 11.1. The fraction of sp³-hybridized carbons (Fsp3) is 0.368. The highest BCUT2D eigenvalue weighted by Gasteiger charge is 2.48. The monoisotopic (exact) mass is 450 g/mol. The van der Waals surface area contributed by atoms with Crippen LogP contribution in [0.3, 0.4) is 0 Å². The number of hydrogen-bond acceptors (Lipinski definition) is 8. The number of hydrogen-bond donors (Lipinski definition) is 1. The minimum absolute atomic E-state index is 0.0377. The number of carboxylic acid groups (broad SMARTS) is 1. The van der Waals surface area contributed by atoms with Crippen LogP contribution in [0.5, 0.6) is 5.75 Å². The van der Waals surface area contributed by atoms with Crippen LogP contribution in [0.15, 0.2) is 27.4 Å². The first-order valence-electron chi connectivity index (χ1n) is 9.41. The summed E-state index contributed by atoms with van der Waals surface area (Å²) in [6.07, 6.45) is -4.22. The first-order valence-corrected chi connectivity index (χ1v) is 10.3. The van der Waals surface area contributed by atoms with Crippen LogP contribution in [-0.2, 0) is 4.79 Å². The van der Waals surface area contributed by atoms with E-state index in [0.29, 0.717) is 24.3 Å². The summed E-state index contributed by atoms with van der Waals surface area (Å²) in [7, 11) is 0. The molecule has 0 spiro atoms. The van der Waals surface area contributed by atoms with Crippen LogP contribution < -0.4 is 9.64 Å². The molecule has 3 aliphatic rings. The fourth-order valence-electron chi connectivity index (χ4n) is 4.03. The number of oxazole rings is 1. The number of benzene rings is 1. The third-order valence-corrected chi connectivity index (χ3v) is 6.12. The molecule has 0 radical (unpaired) electrons. The molecule has 9 nitrogen and oxygen atoms in total. The maximum atomic E-state index is 14.0. The minimum Gasteiger partial charge on any atom is -0.465 e. The second-order valence-corrected chi connectivity index (χ2v) is 8.19. The van der Waals surface area contributed by atoms with Crippen molar-refractivity contribution in [2.75, 3.05) is 18.0 Å². The molecule has 0 aliphatic carbocycles. The van der Waals surface area contributed by atoms with Gasteiger partial charge >= 0.3 is 12.2 Å². The maximum absolute atomic E-state index is 14.0. The minimum atomic E-state index is -4.01. The number of piperidine rings is 1. The Labute approximate surface area is 177 Å². The number of halogens is 2. The Bertz CT molecular complexity index is 1170. The molecule has 2 aromatic heterocycles. The van der Waals surface area contributed by atoms with Crippen LogP contribution >= 0.6 is 11.3 Å². The van der Waals surface area contributed by atoms with E-state index in [1.54, 1.807) is 15.8 Å². The average molecular weight is 450 g/mol. The van der Waals surface area contributed by atoms with Gasteiger partial charge in [-0.15, -0.1) is 11.3 Å². The van der Waals surface area contributed by atoms with Crippen molar-refractivity contribution in [2.24, 2.45) is 0 Å². The molecule has 6 rings (SSSR count). The number of piperazine rings is 1. The van der Waals surface area contributed by atoms with E-state index in [1.807, 2.05) is 0 Å². The molecular weight excluding hydrogens is 434 g/mol. The number of fused-ring (bicyclic) bond motifs is 3. The van der Waals surface area contributed by atoms with Crippen LogP contribution in [0.4, 0.5) is 19.6 Å². The van der Waals surface area contributed by atoms with Gasteiger partial charge in [-0.3, -0.25) is 9.69 Å². The van der Waals surface area contributed by atoms with E-state index in [-0.39, 0.29) is 34.9 Å². The van der Waals surface area contributed by atoms with E-state index < -0.39 is 18.0 Å². The first-order chi connectivity index (χ1) is 14.7. The van der Waals surface area contributed by atoms with Crippen molar-refractivity contribution < 1.29 is 32.6 Å². The van der Waals surface area contributed by atoms with Crippen LogP contribution in [0.2, 0.25) is 0 Å². The fourth-order valence-corrected chi connectivity index (χ4v) is 4.58. The molecule has 3 fully saturated rings. The molecule has 162 valence electrons. The Hall–Kier alpha value is -3.28. The Morgan fingerprint density at radius 2 is 2.06 bits per heavy atom. The Balaban J connectivity index is 1.55. The van der Waals surface area contributed by atoms with Gasteiger partial charge in [-0.05, 0) is 18.6 Å². The standard InChI is InChI=1S/C19H16F2N4O5S/c1-9(26)19(20,21)30-14-3-2-12(13-7-31-8-22-13)16-15(14)23-17(29-16)24-5-10-4-11(6-24)25(10)18(27)28/h2-3,7-8,10-11H,4-6H2,1H3,(H,27,28). The molecule has 3 saturated heterocycles. The Kier molecular flexibility index (Phi) is 4.36. The van der Waals surface area contributed by atoms with Gasteiger partial charge in [-0.1, -0.05) is 0 Å². The highest BCUT2D eigenvalue weighted by molar-refractivity contribution is 7.07. The van der Waals surface area contributed by atoms with Gasteiger partial charge in [0.15, 0.2) is 16.8 Å². The zero-order valence-corrected chi connectivity index (χ0v) is 16.9. The van der Waals surface area contributed by atoms with Crippen molar-refractivity contribution in [1.82, 2.24) is 14.9 Å². The molecule has 12 heteroatoms. The second-order valence-electron chi connectivity index (χ2n) is 7.47. The number of carbonyl (C=O) groups excluding carboxylic acids is 1. The van der Waals surface area contributed by atoms with Crippen molar-refractivity contribution in [1.29, 1.82) is 0 Å². The van der Waals surface area contributed by atoms with Gasteiger partial charge in [0, 0.05) is 31.0 Å². The van der Waals surface area contributed by atoms with E-state index >= 15 is 0 Å². The smallest absolute Gasteiger partial charge is 0.460 e. The van der Waals surface area contributed by atoms with Gasteiger partial charge in [0.05, 0.1) is 23.3 Å². The van der Waals surface area contributed by atoms with Crippen LogP contribution in [0.1, 0.15) is 13.3 Å². The van der Waals surface area contributed by atoms with Crippen molar-refractivity contribution in [2.45, 2.75) is 31.5 Å². The molecular formula is C19H16F2N4O5S. The van der Waals surface area contributed by atoms with Crippen LogP contribution in [0, 0.1) is 0 Å². The van der Waals surface area contributed by atoms with Crippen molar-refractivity contribution >= 4 is 40.3 Å². The summed E-state index contributed by atoms with van der Waals surface area (Å²) in [5.74, 6) is -1.73. The number of aromatic nitrogens is 2. The number of rotatable bonds is 5. The number of Topliss-reactive ketones (excluding diaryl/α,β-unsaturated/α-hetero) is 1. The number of ether oxygens (including phenoxy) is 1. The number of amides is 1. The molecule has 2 bridgehead atoms. The molecule has 1 aromatic carbocycles. The summed E-state index contributed by atoms with van der Waals surface area (Å²) >= 11 is 1.36. The predicted octanol–water partition coefficient (Wildman–Crippen LogP) is 3.45. The van der Waals surface area contributed by atoms with Crippen molar-refractivity contribution in [3.05, 3.63) is 23.0 Å². The molecule has 5 heterocycles. The molecule has 31 heavy (non-hydrogen) atoms. The zero-order valence-electron chi connectivity index (χ0n) is 16.1. The van der Waals surface area contributed by atoms with Crippen molar-refractivity contribution in [3.63, 3.8) is 0 Å². The lowest BCUT2D eigenvalue weighted by atomic mass is 9.88. The topological polar surface area (TPSA) is 109 Å². The molecule has 3 aliphatic heterocycles. The summed E-state index contributed by atoms with van der Waals surface area (Å²) in [6.45, 7) is 1.49. The summed E-state index contributed by atoms with van der Waals surface area (Å²) in [4.78, 5) is 34.4. The Morgan fingerprint density at radius 1 is 1.32 bits per heavy atom. The van der Waals surface area contributed by atoms with Gasteiger partial charge in [-0.2, -0.15) is 13.8 Å². The lowest BCUT2D eigenvalue weighted by Gasteiger charge is -2.54. The van der Waals surface area contributed by atoms with Gasteiger partial charge < -0.3 is 19.2 Å². The molecule has 1 N–H and O–H groups in total. The second kappa shape index (κ2) is 6.87. The SMILES string of the molecule is CC(=O)C(F)(F)Oc1ccc(-c2cscn2)c2oc(N3CC4CC(C3)N4C(=O)O)nc12. The number of carbonyl (C=O) groups is 2. The summed E-state index contributed by atoms with van der Waals surface area (Å²) < 4.78 is 38.6. The number of alkyl halides is 2. The third kappa shape index (κ3) is 3.17. The van der Waals surface area contributed by atoms with E-state index in [4.69, 9.17) is 9.15 Å². The zero-order chi connectivity index (χ0) is 21.9. The number of thiazole rings is 1. The lowest BCUT2D eigenvalue weighted by molar-refractivity contribution is -0.187. The first kappa shape index (κ1) is 19.7. The van der Waals surface area contributed by atoms with E-state index in [1.165, 1.54) is 28.4 Å². The molecule has 2 atom stereocenters. The predicted molar refractivity (Wildman–Crippen MR) is 106 cm³/mol. The quantitative estimate of drug-likeness (QED) is 0.630. The van der Waals surface area contributed by atoms with Gasteiger partial charge in [0.25, 0.3) is 6.01 Å². The maximum Gasteiger partial charge on any atom is 0.460 e. The average Bonchev–Trinajstić information content (AvgIpc) is 3.38.